The Morgan fingerprint density at radius 1 is 1.46 bits per heavy atom. The normalized spacial score (nSPS) is 17.8. The second-order valence-electron chi connectivity index (χ2n) is 5.94. The molecule has 0 aliphatic carbocycles. The molecule has 3 heterocycles. The van der Waals surface area contributed by atoms with E-state index >= 15 is 0 Å². The molecule has 1 aliphatic heterocycles. The number of carbonyl (C=O) groups is 2. The summed E-state index contributed by atoms with van der Waals surface area (Å²) in [5.41, 5.74) is 0. The van der Waals surface area contributed by atoms with Gasteiger partial charge in [-0.15, -0.1) is 11.3 Å². The fraction of sp³-hybridized carbons (Fsp3) is 0.500. The molecule has 1 atom stereocenters. The Balaban J connectivity index is 1.65. The average molecular weight is 348 g/mol. The lowest BCUT2D eigenvalue weighted by molar-refractivity contribution is -0.119. The summed E-state index contributed by atoms with van der Waals surface area (Å²) in [6.07, 6.45) is 1.88. The minimum absolute atomic E-state index is 0.0268. The number of aryl methyl sites for hydroxylation is 1. The van der Waals surface area contributed by atoms with Crippen LogP contribution in [-0.4, -0.2) is 39.9 Å². The quantitative estimate of drug-likeness (QED) is 0.914. The topological polar surface area (TPSA) is 88.3 Å². The lowest BCUT2D eigenvalue weighted by Gasteiger charge is -2.30. The van der Waals surface area contributed by atoms with Crippen LogP contribution in [0.4, 0.5) is 0 Å². The lowest BCUT2D eigenvalue weighted by atomic mass is 9.97. The highest BCUT2D eigenvalue weighted by Gasteiger charge is 2.28. The minimum atomic E-state index is -0.0782. The van der Waals surface area contributed by atoms with E-state index in [1.54, 1.807) is 6.92 Å². The van der Waals surface area contributed by atoms with E-state index in [1.165, 1.54) is 18.3 Å². The maximum absolute atomic E-state index is 12.7. The molecule has 24 heavy (non-hydrogen) atoms. The van der Waals surface area contributed by atoms with Crippen molar-refractivity contribution in [3.05, 3.63) is 33.6 Å². The molecule has 0 saturated carbocycles. The summed E-state index contributed by atoms with van der Waals surface area (Å²) in [7, 11) is 0. The third kappa shape index (κ3) is 3.81. The highest BCUT2D eigenvalue weighted by atomic mass is 32.1. The van der Waals surface area contributed by atoms with Crippen LogP contribution in [0, 0.1) is 6.92 Å². The van der Waals surface area contributed by atoms with Crippen molar-refractivity contribution in [2.24, 2.45) is 0 Å². The summed E-state index contributed by atoms with van der Waals surface area (Å²) >= 11 is 1.42. The molecule has 2 aromatic rings. The summed E-state index contributed by atoms with van der Waals surface area (Å²) in [4.78, 5) is 31.5. The molecule has 7 nitrogen and oxygen atoms in total. The van der Waals surface area contributed by atoms with Gasteiger partial charge in [-0.05, 0) is 25.0 Å². The van der Waals surface area contributed by atoms with E-state index in [1.807, 2.05) is 17.0 Å². The Bertz CT molecular complexity index is 739. The number of amides is 2. The Morgan fingerprint density at radius 2 is 2.29 bits per heavy atom. The van der Waals surface area contributed by atoms with Crippen molar-refractivity contribution in [2.45, 2.75) is 39.2 Å². The van der Waals surface area contributed by atoms with E-state index in [9.17, 15) is 9.59 Å². The number of thiophene rings is 1. The van der Waals surface area contributed by atoms with Crippen LogP contribution in [-0.2, 0) is 11.3 Å². The maximum atomic E-state index is 12.7. The van der Waals surface area contributed by atoms with E-state index in [2.05, 4.69) is 15.5 Å². The number of rotatable bonds is 4. The summed E-state index contributed by atoms with van der Waals surface area (Å²) in [6, 6.07) is 3.71. The maximum Gasteiger partial charge on any atom is 0.263 e. The van der Waals surface area contributed by atoms with Gasteiger partial charge in [0.15, 0.2) is 5.82 Å². The molecule has 1 fully saturated rings. The molecule has 0 unspecified atom stereocenters. The Labute approximate surface area is 144 Å². The lowest BCUT2D eigenvalue weighted by Crippen LogP contribution is -2.39. The van der Waals surface area contributed by atoms with Crippen molar-refractivity contribution in [3.63, 3.8) is 0 Å². The number of aromatic nitrogens is 2. The molecule has 3 rings (SSSR count). The molecule has 0 spiro atoms. The summed E-state index contributed by atoms with van der Waals surface area (Å²) in [5, 5.41) is 6.73. The highest BCUT2D eigenvalue weighted by molar-refractivity contribution is 7.14. The van der Waals surface area contributed by atoms with E-state index in [-0.39, 0.29) is 17.7 Å². The van der Waals surface area contributed by atoms with Crippen molar-refractivity contribution >= 4 is 23.2 Å². The van der Waals surface area contributed by atoms with Gasteiger partial charge in [-0.25, -0.2) is 0 Å². The summed E-state index contributed by atoms with van der Waals surface area (Å²) < 4.78 is 5.05. The zero-order valence-electron chi connectivity index (χ0n) is 13.7. The number of likely N-dealkylation sites (tertiary alicyclic amines) is 1. The first kappa shape index (κ1) is 16.6. The van der Waals surface area contributed by atoms with Gasteiger partial charge in [0.2, 0.25) is 11.8 Å². The molecule has 8 heteroatoms. The van der Waals surface area contributed by atoms with Crippen LogP contribution in [0.15, 0.2) is 16.7 Å². The largest absolute Gasteiger partial charge is 0.351 e. The molecule has 1 N–H and O–H groups in total. The first-order valence-corrected chi connectivity index (χ1v) is 8.77. The van der Waals surface area contributed by atoms with Crippen LogP contribution < -0.4 is 5.32 Å². The Morgan fingerprint density at radius 3 is 3.00 bits per heavy atom. The van der Waals surface area contributed by atoms with Crippen molar-refractivity contribution in [1.82, 2.24) is 20.4 Å². The molecular formula is C16H20N4O3S. The van der Waals surface area contributed by atoms with Crippen LogP contribution in [0.25, 0.3) is 0 Å². The predicted molar refractivity (Wildman–Crippen MR) is 88.8 cm³/mol. The van der Waals surface area contributed by atoms with Crippen LogP contribution in [0.1, 0.15) is 51.9 Å². The van der Waals surface area contributed by atoms with E-state index < -0.39 is 0 Å². The van der Waals surface area contributed by atoms with Gasteiger partial charge in [0.05, 0.1) is 11.4 Å². The minimum Gasteiger partial charge on any atom is -0.351 e. The highest BCUT2D eigenvalue weighted by Crippen LogP contribution is 2.27. The molecular weight excluding hydrogens is 328 g/mol. The second-order valence-corrected chi connectivity index (χ2v) is 7.11. The summed E-state index contributed by atoms with van der Waals surface area (Å²) in [6.45, 7) is 5.05. The molecule has 1 saturated heterocycles. The zero-order valence-corrected chi connectivity index (χ0v) is 14.6. The van der Waals surface area contributed by atoms with Crippen LogP contribution in [0.3, 0.4) is 0 Å². The molecule has 0 aromatic carbocycles. The van der Waals surface area contributed by atoms with Crippen LogP contribution >= 0.6 is 11.3 Å². The van der Waals surface area contributed by atoms with Crippen LogP contribution in [0.2, 0.25) is 0 Å². The number of nitrogens with one attached hydrogen (secondary N) is 1. The van der Waals surface area contributed by atoms with Crippen molar-refractivity contribution < 1.29 is 14.1 Å². The number of hydrogen-bond donors (Lipinski definition) is 1. The SMILES string of the molecule is CC(=O)NCc1ccc(C(=O)N2CCC[C@H](c3noc(C)n3)C2)s1. The first-order valence-electron chi connectivity index (χ1n) is 7.95. The molecule has 0 bridgehead atoms. The molecule has 128 valence electrons. The standard InChI is InChI=1S/C16H20N4O3S/c1-10(21)17-8-13-5-6-14(24-13)16(22)20-7-3-4-12(9-20)15-18-11(2)23-19-15/h5-6,12H,3-4,7-9H2,1-2H3,(H,17,21)/t12-/m0/s1. The van der Waals surface area contributed by atoms with Gasteiger partial charge in [-0.2, -0.15) is 4.98 Å². The predicted octanol–water partition coefficient (Wildman–Crippen LogP) is 2.10. The van der Waals surface area contributed by atoms with Crippen LogP contribution in [0.5, 0.6) is 0 Å². The fourth-order valence-corrected chi connectivity index (χ4v) is 3.72. The third-order valence-corrected chi connectivity index (χ3v) is 5.07. The fourth-order valence-electron chi connectivity index (χ4n) is 2.81. The van der Waals surface area contributed by atoms with Gasteiger partial charge in [0.25, 0.3) is 5.91 Å². The van der Waals surface area contributed by atoms with E-state index in [4.69, 9.17) is 4.52 Å². The van der Waals surface area contributed by atoms with Crippen molar-refractivity contribution in [2.75, 3.05) is 13.1 Å². The van der Waals surface area contributed by atoms with Crippen molar-refractivity contribution in [1.29, 1.82) is 0 Å². The molecule has 0 radical (unpaired) electrons. The molecule has 1 aliphatic rings. The van der Waals surface area contributed by atoms with Gasteiger partial charge < -0.3 is 14.7 Å². The second kappa shape index (κ2) is 7.12. The average Bonchev–Trinajstić information content (AvgIpc) is 3.21. The van der Waals surface area contributed by atoms with Gasteiger partial charge in [0, 0.05) is 37.7 Å². The first-order chi connectivity index (χ1) is 11.5. The smallest absolute Gasteiger partial charge is 0.263 e. The summed E-state index contributed by atoms with van der Waals surface area (Å²) in [5.74, 6) is 1.31. The van der Waals surface area contributed by atoms with Gasteiger partial charge in [0.1, 0.15) is 0 Å². The number of carbonyl (C=O) groups excluding carboxylic acids is 2. The van der Waals surface area contributed by atoms with E-state index in [0.29, 0.717) is 29.7 Å². The third-order valence-electron chi connectivity index (χ3n) is 4.00. The Kier molecular flexibility index (Phi) is 4.94. The van der Waals surface area contributed by atoms with Gasteiger partial charge in [-0.3, -0.25) is 9.59 Å². The van der Waals surface area contributed by atoms with E-state index in [0.717, 1.165) is 24.3 Å². The molecule has 2 aromatic heterocycles. The molecule has 2 amide bonds. The number of hydrogen-bond acceptors (Lipinski definition) is 6. The van der Waals surface area contributed by atoms with Gasteiger partial charge >= 0.3 is 0 Å². The monoisotopic (exact) mass is 348 g/mol. The number of piperidine rings is 1. The number of nitrogens with zero attached hydrogens (tertiary/aromatic N) is 3. The Hall–Kier alpha value is -2.22. The van der Waals surface area contributed by atoms with Crippen molar-refractivity contribution in [3.8, 4) is 0 Å². The zero-order chi connectivity index (χ0) is 17.1. The van der Waals surface area contributed by atoms with Gasteiger partial charge in [-0.1, -0.05) is 5.16 Å².